The highest BCUT2D eigenvalue weighted by Gasteiger charge is 2.33. The first-order valence-electron chi connectivity index (χ1n) is 9.55. The topological polar surface area (TPSA) is 69.0 Å². The van der Waals surface area contributed by atoms with Crippen LogP contribution in [0, 0.1) is 5.92 Å². The molecule has 6 heteroatoms. The van der Waals surface area contributed by atoms with Crippen LogP contribution in [0.25, 0.3) is 11.3 Å². The van der Waals surface area contributed by atoms with Crippen LogP contribution in [0.1, 0.15) is 38.6 Å². The molecule has 2 atom stereocenters. The summed E-state index contributed by atoms with van der Waals surface area (Å²) in [5.74, 6) is 0.824. The summed E-state index contributed by atoms with van der Waals surface area (Å²) in [6.45, 7) is 3.48. The van der Waals surface area contributed by atoms with Gasteiger partial charge in [-0.25, -0.2) is 4.68 Å². The van der Waals surface area contributed by atoms with Crippen LogP contribution >= 0.6 is 0 Å². The lowest BCUT2D eigenvalue weighted by atomic mass is 9.87. The Kier molecular flexibility index (Phi) is 5.13. The zero-order chi connectivity index (χ0) is 17.9. The van der Waals surface area contributed by atoms with Gasteiger partial charge in [-0.3, -0.25) is 9.78 Å². The number of hydrogen-bond donors (Lipinski definition) is 1. The fourth-order valence-electron chi connectivity index (χ4n) is 4.01. The second-order valence-corrected chi connectivity index (χ2v) is 7.57. The zero-order valence-electron chi connectivity index (χ0n) is 15.2. The van der Waals surface area contributed by atoms with Crippen molar-refractivity contribution >= 4 is 0 Å². The highest BCUT2D eigenvalue weighted by molar-refractivity contribution is 5.57. The van der Waals surface area contributed by atoms with E-state index in [2.05, 4.69) is 22.3 Å². The molecular formula is C20H26N4O2. The summed E-state index contributed by atoms with van der Waals surface area (Å²) >= 11 is 0. The van der Waals surface area contributed by atoms with E-state index in [4.69, 9.17) is 4.74 Å². The van der Waals surface area contributed by atoms with E-state index < -0.39 is 0 Å². The van der Waals surface area contributed by atoms with Crippen LogP contribution in [-0.4, -0.2) is 40.1 Å². The van der Waals surface area contributed by atoms with Crippen molar-refractivity contribution in [2.45, 2.75) is 50.7 Å². The van der Waals surface area contributed by atoms with Crippen molar-refractivity contribution in [2.75, 3.05) is 13.2 Å². The molecule has 0 bridgehead atoms. The molecule has 0 radical (unpaired) electrons. The van der Waals surface area contributed by atoms with E-state index in [0.717, 1.165) is 17.2 Å². The first kappa shape index (κ1) is 17.4. The fourth-order valence-corrected chi connectivity index (χ4v) is 4.01. The van der Waals surface area contributed by atoms with Crippen LogP contribution in [0.3, 0.4) is 0 Å². The van der Waals surface area contributed by atoms with Crippen molar-refractivity contribution in [1.29, 1.82) is 0 Å². The molecule has 138 valence electrons. The SMILES string of the molecule is CC1CCC(NC2COCC2n2nc(-c3ccncc3)ccc2=O)CC1. The Balaban J connectivity index is 1.55. The molecule has 6 nitrogen and oxygen atoms in total. The van der Waals surface area contributed by atoms with Crippen molar-refractivity contribution in [3.05, 3.63) is 47.0 Å². The second kappa shape index (κ2) is 7.68. The van der Waals surface area contributed by atoms with E-state index in [1.165, 1.54) is 25.7 Å². The zero-order valence-corrected chi connectivity index (χ0v) is 15.2. The Hall–Kier alpha value is -2.05. The molecule has 1 aliphatic carbocycles. The minimum absolute atomic E-state index is 0.0661. The first-order chi connectivity index (χ1) is 12.7. The molecule has 1 saturated heterocycles. The molecule has 4 rings (SSSR count). The number of ether oxygens (including phenoxy) is 1. The molecule has 2 unspecified atom stereocenters. The summed E-state index contributed by atoms with van der Waals surface area (Å²) in [5.41, 5.74) is 1.66. The lowest BCUT2D eigenvalue weighted by Crippen LogP contribution is -2.46. The van der Waals surface area contributed by atoms with Crippen LogP contribution in [0.5, 0.6) is 0 Å². The molecule has 2 aliphatic rings. The number of nitrogens with one attached hydrogen (secondary N) is 1. The van der Waals surface area contributed by atoms with Gasteiger partial charge in [0.15, 0.2) is 0 Å². The number of nitrogens with zero attached hydrogens (tertiary/aromatic N) is 3. The van der Waals surface area contributed by atoms with Crippen LogP contribution in [0.2, 0.25) is 0 Å². The molecular weight excluding hydrogens is 328 g/mol. The average molecular weight is 354 g/mol. The molecule has 2 aromatic heterocycles. The summed E-state index contributed by atoms with van der Waals surface area (Å²) in [4.78, 5) is 16.5. The van der Waals surface area contributed by atoms with Gasteiger partial charge in [0.05, 0.1) is 31.0 Å². The molecule has 1 N–H and O–H groups in total. The van der Waals surface area contributed by atoms with E-state index in [1.807, 2.05) is 12.1 Å². The van der Waals surface area contributed by atoms with Crippen molar-refractivity contribution in [3.63, 3.8) is 0 Å². The van der Waals surface area contributed by atoms with Crippen molar-refractivity contribution in [3.8, 4) is 11.3 Å². The Morgan fingerprint density at radius 2 is 1.85 bits per heavy atom. The average Bonchev–Trinajstić information content (AvgIpc) is 3.13. The van der Waals surface area contributed by atoms with Gasteiger partial charge in [-0.05, 0) is 49.8 Å². The summed E-state index contributed by atoms with van der Waals surface area (Å²) in [6.07, 6.45) is 8.41. The van der Waals surface area contributed by atoms with Crippen molar-refractivity contribution < 1.29 is 4.74 Å². The quantitative estimate of drug-likeness (QED) is 0.913. The molecule has 26 heavy (non-hydrogen) atoms. The summed E-state index contributed by atoms with van der Waals surface area (Å²) < 4.78 is 7.32. The predicted octanol–water partition coefficient (Wildman–Crippen LogP) is 2.41. The largest absolute Gasteiger partial charge is 0.377 e. The molecule has 1 aliphatic heterocycles. The van der Waals surface area contributed by atoms with Crippen LogP contribution < -0.4 is 10.9 Å². The lowest BCUT2D eigenvalue weighted by molar-refractivity contribution is 0.178. The minimum Gasteiger partial charge on any atom is -0.377 e. The molecule has 0 aromatic carbocycles. The number of hydrogen-bond acceptors (Lipinski definition) is 5. The molecule has 3 heterocycles. The Morgan fingerprint density at radius 3 is 2.62 bits per heavy atom. The van der Waals surface area contributed by atoms with E-state index in [1.54, 1.807) is 29.2 Å². The van der Waals surface area contributed by atoms with Gasteiger partial charge in [-0.2, -0.15) is 5.10 Å². The van der Waals surface area contributed by atoms with Crippen LogP contribution in [0.15, 0.2) is 41.5 Å². The van der Waals surface area contributed by atoms with E-state index in [9.17, 15) is 4.79 Å². The molecule has 0 spiro atoms. The first-order valence-corrected chi connectivity index (χ1v) is 9.55. The normalized spacial score (nSPS) is 29.0. The fraction of sp³-hybridized carbons (Fsp3) is 0.550. The van der Waals surface area contributed by atoms with Gasteiger partial charge in [0.1, 0.15) is 0 Å². The second-order valence-electron chi connectivity index (χ2n) is 7.57. The van der Waals surface area contributed by atoms with E-state index in [-0.39, 0.29) is 17.6 Å². The highest BCUT2D eigenvalue weighted by Crippen LogP contribution is 2.26. The Labute approximate surface area is 153 Å². The third-order valence-corrected chi connectivity index (χ3v) is 5.63. The van der Waals surface area contributed by atoms with Crippen molar-refractivity contribution in [2.24, 2.45) is 5.92 Å². The van der Waals surface area contributed by atoms with E-state index in [0.29, 0.717) is 19.3 Å². The molecule has 2 fully saturated rings. The van der Waals surface area contributed by atoms with Gasteiger partial charge in [0.25, 0.3) is 5.56 Å². The standard InChI is InChI=1S/C20H26N4O2/c1-14-2-4-16(5-3-14)22-18-12-26-13-19(18)24-20(25)7-6-17(23-24)15-8-10-21-11-9-15/h6-11,14,16,18-19,22H,2-5,12-13H2,1H3. The van der Waals surface area contributed by atoms with Gasteiger partial charge in [-0.15, -0.1) is 0 Å². The van der Waals surface area contributed by atoms with E-state index >= 15 is 0 Å². The maximum Gasteiger partial charge on any atom is 0.267 e. The van der Waals surface area contributed by atoms with Gasteiger partial charge in [0, 0.05) is 30.1 Å². The number of aromatic nitrogens is 3. The Morgan fingerprint density at radius 1 is 1.08 bits per heavy atom. The van der Waals surface area contributed by atoms with Gasteiger partial charge in [0.2, 0.25) is 0 Å². The monoisotopic (exact) mass is 354 g/mol. The highest BCUT2D eigenvalue weighted by atomic mass is 16.5. The Bertz CT molecular complexity index is 784. The van der Waals surface area contributed by atoms with Crippen LogP contribution in [0.4, 0.5) is 0 Å². The molecule has 0 amide bonds. The third kappa shape index (κ3) is 3.71. The van der Waals surface area contributed by atoms with Crippen molar-refractivity contribution in [1.82, 2.24) is 20.1 Å². The maximum atomic E-state index is 12.5. The number of rotatable bonds is 4. The predicted molar refractivity (Wildman–Crippen MR) is 99.9 cm³/mol. The smallest absolute Gasteiger partial charge is 0.267 e. The minimum atomic E-state index is -0.0811. The molecule has 2 aromatic rings. The lowest BCUT2D eigenvalue weighted by Gasteiger charge is -2.31. The molecule has 1 saturated carbocycles. The van der Waals surface area contributed by atoms with Gasteiger partial charge >= 0.3 is 0 Å². The number of pyridine rings is 1. The maximum absolute atomic E-state index is 12.5. The summed E-state index contributed by atoms with van der Waals surface area (Å²) in [6, 6.07) is 7.76. The third-order valence-electron chi connectivity index (χ3n) is 5.63. The van der Waals surface area contributed by atoms with Gasteiger partial charge in [-0.1, -0.05) is 6.92 Å². The van der Waals surface area contributed by atoms with Gasteiger partial charge < -0.3 is 10.1 Å². The summed E-state index contributed by atoms with van der Waals surface area (Å²) in [5, 5.41) is 8.37. The van der Waals surface area contributed by atoms with Crippen LogP contribution in [-0.2, 0) is 4.74 Å². The summed E-state index contributed by atoms with van der Waals surface area (Å²) in [7, 11) is 0.